The highest BCUT2D eigenvalue weighted by Gasteiger charge is 2.29. The summed E-state index contributed by atoms with van der Waals surface area (Å²) in [5.41, 5.74) is 0.948. The molecule has 0 spiro atoms. The monoisotopic (exact) mass is 416 g/mol. The van der Waals surface area contributed by atoms with Crippen molar-refractivity contribution in [3.05, 3.63) is 64.9 Å². The molecule has 144 valence electrons. The number of thioether (sulfide) groups is 1. The van der Waals surface area contributed by atoms with Crippen LogP contribution in [0.5, 0.6) is 11.5 Å². The molecule has 2 aromatic carbocycles. The van der Waals surface area contributed by atoms with Gasteiger partial charge in [-0.05, 0) is 42.0 Å². The second-order valence-corrected chi connectivity index (χ2v) is 7.42. The molecule has 1 aromatic heterocycles. The number of aromatic nitrogens is 3. The maximum absolute atomic E-state index is 12.6. The molecule has 9 heteroatoms. The highest BCUT2D eigenvalue weighted by atomic mass is 35.5. The first-order valence-electron chi connectivity index (χ1n) is 8.53. The molecular weight excluding hydrogens is 400 g/mol. The smallest absolute Gasteiger partial charge is 0.252 e. The number of amides is 1. The lowest BCUT2D eigenvalue weighted by Gasteiger charge is -2.29. The summed E-state index contributed by atoms with van der Waals surface area (Å²) in [5.74, 6) is 2.25. The fourth-order valence-corrected chi connectivity index (χ4v) is 3.76. The van der Waals surface area contributed by atoms with Crippen molar-refractivity contribution in [2.45, 2.75) is 18.3 Å². The van der Waals surface area contributed by atoms with E-state index in [-0.39, 0.29) is 12.5 Å². The van der Waals surface area contributed by atoms with Crippen molar-refractivity contribution in [3.63, 3.8) is 0 Å². The Hall–Kier alpha value is -2.71. The van der Waals surface area contributed by atoms with Crippen LogP contribution in [-0.4, -0.2) is 33.6 Å². The topological polar surface area (TPSA) is 69.5 Å². The van der Waals surface area contributed by atoms with E-state index in [1.807, 2.05) is 24.3 Å². The van der Waals surface area contributed by atoms with E-state index in [4.69, 9.17) is 21.1 Å². The van der Waals surface area contributed by atoms with E-state index in [9.17, 15) is 4.79 Å². The van der Waals surface area contributed by atoms with Gasteiger partial charge >= 0.3 is 0 Å². The Morgan fingerprint density at radius 2 is 1.96 bits per heavy atom. The maximum Gasteiger partial charge on any atom is 0.252 e. The zero-order valence-corrected chi connectivity index (χ0v) is 16.6. The fourth-order valence-electron chi connectivity index (χ4n) is 2.81. The predicted octanol–water partition coefficient (Wildman–Crippen LogP) is 3.29. The van der Waals surface area contributed by atoms with Crippen LogP contribution in [0.1, 0.15) is 11.4 Å². The molecule has 3 aromatic rings. The van der Waals surface area contributed by atoms with Gasteiger partial charge in [-0.1, -0.05) is 35.5 Å². The van der Waals surface area contributed by atoms with E-state index in [0.717, 1.165) is 11.3 Å². The zero-order chi connectivity index (χ0) is 19.5. The van der Waals surface area contributed by atoms with Crippen molar-refractivity contribution >= 4 is 29.3 Å². The van der Waals surface area contributed by atoms with Gasteiger partial charge < -0.3 is 9.47 Å². The van der Waals surface area contributed by atoms with E-state index in [1.165, 1.54) is 11.8 Å². The van der Waals surface area contributed by atoms with Gasteiger partial charge in [0.05, 0.1) is 19.4 Å². The minimum atomic E-state index is -0.0205. The van der Waals surface area contributed by atoms with Crippen molar-refractivity contribution in [2.75, 3.05) is 17.9 Å². The zero-order valence-electron chi connectivity index (χ0n) is 15.0. The van der Waals surface area contributed by atoms with Crippen LogP contribution in [0.3, 0.4) is 0 Å². The standard InChI is InChI=1S/C19H17ClN4O3S/c1-26-16-4-2-3-13(9-16)10-23-18(25)12-28-19-22-21-17(24(19)23)11-27-15-7-5-14(20)6-8-15/h2-9H,10-12H2,1H3. The number of rotatable bonds is 6. The number of nitrogens with zero attached hydrogens (tertiary/aromatic N) is 4. The number of ether oxygens (including phenoxy) is 2. The van der Waals surface area contributed by atoms with Crippen molar-refractivity contribution in [3.8, 4) is 11.5 Å². The van der Waals surface area contributed by atoms with E-state index >= 15 is 0 Å². The Bertz CT molecular complexity index is 993. The Morgan fingerprint density at radius 1 is 1.14 bits per heavy atom. The molecule has 1 aliphatic heterocycles. The molecular formula is C19H17ClN4O3S. The molecule has 28 heavy (non-hydrogen) atoms. The van der Waals surface area contributed by atoms with Crippen LogP contribution >= 0.6 is 23.4 Å². The first kappa shape index (κ1) is 18.6. The van der Waals surface area contributed by atoms with Crippen LogP contribution in [0, 0.1) is 0 Å². The van der Waals surface area contributed by atoms with Gasteiger partial charge in [0, 0.05) is 5.02 Å². The third-order valence-electron chi connectivity index (χ3n) is 4.18. The molecule has 0 saturated carbocycles. The Balaban J connectivity index is 1.57. The third-order valence-corrected chi connectivity index (χ3v) is 5.33. The lowest BCUT2D eigenvalue weighted by Crippen LogP contribution is -2.45. The van der Waals surface area contributed by atoms with Gasteiger partial charge in [-0.2, -0.15) is 0 Å². The van der Waals surface area contributed by atoms with Crippen LogP contribution in [-0.2, 0) is 17.9 Å². The van der Waals surface area contributed by atoms with Gasteiger partial charge in [-0.15, -0.1) is 10.2 Å². The molecule has 0 unspecified atom stereocenters. The Labute approximate surface area is 171 Å². The minimum absolute atomic E-state index is 0.0205. The number of carbonyl (C=O) groups excluding carboxylic acids is 1. The fraction of sp³-hybridized carbons (Fsp3) is 0.211. The summed E-state index contributed by atoms with van der Waals surface area (Å²) >= 11 is 7.27. The van der Waals surface area contributed by atoms with E-state index in [0.29, 0.717) is 34.1 Å². The SMILES string of the molecule is COc1cccc(CN2C(=O)CSc3nnc(COc4ccc(Cl)cc4)n32)c1. The largest absolute Gasteiger partial charge is 0.497 e. The molecule has 0 aliphatic carbocycles. The van der Waals surface area contributed by atoms with Crippen LogP contribution in [0.2, 0.25) is 5.02 Å². The van der Waals surface area contributed by atoms with Crippen LogP contribution in [0.25, 0.3) is 0 Å². The minimum Gasteiger partial charge on any atom is -0.497 e. The van der Waals surface area contributed by atoms with E-state index in [1.54, 1.807) is 41.1 Å². The van der Waals surface area contributed by atoms with Gasteiger partial charge in [0.1, 0.15) is 18.1 Å². The van der Waals surface area contributed by atoms with Crippen molar-refractivity contribution in [1.29, 1.82) is 0 Å². The molecule has 1 aliphatic rings. The lowest BCUT2D eigenvalue weighted by atomic mass is 10.2. The van der Waals surface area contributed by atoms with E-state index in [2.05, 4.69) is 10.2 Å². The molecule has 7 nitrogen and oxygen atoms in total. The molecule has 0 radical (unpaired) electrons. The average molecular weight is 417 g/mol. The van der Waals surface area contributed by atoms with Gasteiger partial charge in [0.25, 0.3) is 5.91 Å². The number of fused-ring (bicyclic) bond motifs is 1. The first-order chi connectivity index (χ1) is 13.6. The second kappa shape index (κ2) is 8.12. The number of halogens is 1. The van der Waals surface area contributed by atoms with Crippen molar-refractivity contribution in [1.82, 2.24) is 14.9 Å². The molecule has 0 atom stereocenters. The summed E-state index contributed by atoms with van der Waals surface area (Å²) < 4.78 is 12.8. The van der Waals surface area contributed by atoms with Crippen molar-refractivity contribution in [2.24, 2.45) is 0 Å². The third kappa shape index (κ3) is 3.93. The number of carbonyl (C=O) groups is 1. The maximum atomic E-state index is 12.6. The predicted molar refractivity (Wildman–Crippen MR) is 106 cm³/mol. The van der Waals surface area contributed by atoms with Crippen molar-refractivity contribution < 1.29 is 14.3 Å². The Kier molecular flexibility index (Phi) is 5.40. The molecule has 1 amide bonds. The highest BCUT2D eigenvalue weighted by Crippen LogP contribution is 2.26. The number of hydrogen-bond acceptors (Lipinski definition) is 6. The quantitative estimate of drug-likeness (QED) is 0.614. The van der Waals surface area contributed by atoms with Gasteiger partial charge in [0.2, 0.25) is 5.16 Å². The van der Waals surface area contributed by atoms with Gasteiger partial charge in [0.15, 0.2) is 5.82 Å². The summed E-state index contributed by atoms with van der Waals surface area (Å²) in [7, 11) is 1.62. The molecule has 0 bridgehead atoms. The molecule has 0 N–H and O–H groups in total. The number of hydrogen-bond donors (Lipinski definition) is 0. The Morgan fingerprint density at radius 3 is 2.75 bits per heavy atom. The summed E-state index contributed by atoms with van der Waals surface area (Å²) in [5, 5.41) is 11.4. The molecule has 0 fully saturated rings. The van der Waals surface area contributed by atoms with Crippen LogP contribution in [0.15, 0.2) is 53.7 Å². The van der Waals surface area contributed by atoms with Crippen LogP contribution in [0.4, 0.5) is 0 Å². The molecule has 4 rings (SSSR count). The summed E-state index contributed by atoms with van der Waals surface area (Å²) in [4.78, 5) is 12.6. The number of methoxy groups -OCH3 is 1. The average Bonchev–Trinajstić information content (AvgIpc) is 3.13. The summed E-state index contributed by atoms with van der Waals surface area (Å²) in [6, 6.07) is 14.7. The van der Waals surface area contributed by atoms with Crippen LogP contribution < -0.4 is 14.5 Å². The van der Waals surface area contributed by atoms with Gasteiger partial charge in [-0.3, -0.25) is 4.79 Å². The van der Waals surface area contributed by atoms with E-state index < -0.39 is 0 Å². The first-order valence-corrected chi connectivity index (χ1v) is 9.89. The summed E-state index contributed by atoms with van der Waals surface area (Å²) in [6.07, 6.45) is 0. The second-order valence-electron chi connectivity index (χ2n) is 6.04. The molecule has 0 saturated heterocycles. The van der Waals surface area contributed by atoms with Gasteiger partial charge in [-0.25, -0.2) is 9.69 Å². The highest BCUT2D eigenvalue weighted by molar-refractivity contribution is 7.99. The lowest BCUT2D eigenvalue weighted by molar-refractivity contribution is -0.118. The normalized spacial score (nSPS) is 13.4. The summed E-state index contributed by atoms with van der Waals surface area (Å²) in [6.45, 7) is 0.562. The number of benzene rings is 2. The molecule has 2 heterocycles.